The monoisotopic (exact) mass is 402 g/mol. The maximum absolute atomic E-state index is 13.0. The van der Waals surface area contributed by atoms with Crippen molar-refractivity contribution < 1.29 is 9.53 Å². The molecule has 3 aromatic carbocycles. The number of likely N-dealkylation sites (tertiary alicyclic amines) is 1. The number of para-hydroxylation sites is 1. The highest BCUT2D eigenvalue weighted by Gasteiger charge is 2.30. The van der Waals surface area contributed by atoms with Gasteiger partial charge in [0.25, 0.3) is 5.91 Å². The van der Waals surface area contributed by atoms with E-state index in [0.29, 0.717) is 0 Å². The molecule has 29 heavy (non-hydrogen) atoms. The first-order valence-electron chi connectivity index (χ1n) is 10.0. The number of ether oxygens (including phenoxy) is 1. The van der Waals surface area contributed by atoms with E-state index in [1.807, 2.05) is 53.4 Å². The zero-order valence-corrected chi connectivity index (χ0v) is 16.9. The van der Waals surface area contributed by atoms with E-state index < -0.39 is 0 Å². The lowest BCUT2D eigenvalue weighted by Gasteiger charge is -2.34. The molecule has 0 radical (unpaired) electrons. The topological polar surface area (TPSA) is 42.4 Å². The summed E-state index contributed by atoms with van der Waals surface area (Å²) in [7, 11) is 0. The summed E-state index contributed by atoms with van der Waals surface area (Å²) in [4.78, 5) is 19.8. The van der Waals surface area contributed by atoms with Crippen molar-refractivity contribution in [2.24, 2.45) is 0 Å². The molecular formula is C24H22N2O2S. The summed E-state index contributed by atoms with van der Waals surface area (Å²) in [5.41, 5.74) is 1.01. The van der Waals surface area contributed by atoms with Gasteiger partial charge in [0.1, 0.15) is 10.8 Å². The first-order chi connectivity index (χ1) is 14.3. The molecule has 146 valence electrons. The van der Waals surface area contributed by atoms with Gasteiger partial charge in [-0.3, -0.25) is 4.79 Å². The van der Waals surface area contributed by atoms with Gasteiger partial charge in [-0.2, -0.15) is 0 Å². The Morgan fingerprint density at radius 3 is 2.76 bits per heavy atom. The number of hydrogen-bond donors (Lipinski definition) is 0. The summed E-state index contributed by atoms with van der Waals surface area (Å²) < 4.78 is 7.04. The molecule has 0 bridgehead atoms. The molecule has 4 aromatic rings. The Morgan fingerprint density at radius 1 is 1.03 bits per heavy atom. The molecule has 1 aliphatic heterocycles. The fourth-order valence-electron chi connectivity index (χ4n) is 4.00. The first kappa shape index (κ1) is 18.1. The van der Waals surface area contributed by atoms with Gasteiger partial charge in [-0.1, -0.05) is 42.5 Å². The molecule has 0 unspecified atom stereocenters. The summed E-state index contributed by atoms with van der Waals surface area (Å²) in [6.45, 7) is 0.820. The fraction of sp³-hybridized carbons (Fsp3) is 0.250. The Balaban J connectivity index is 1.32. The Hall–Kier alpha value is -2.92. The van der Waals surface area contributed by atoms with Crippen molar-refractivity contribution in [3.05, 3.63) is 71.7 Å². The van der Waals surface area contributed by atoms with E-state index in [9.17, 15) is 4.79 Å². The van der Waals surface area contributed by atoms with Crippen molar-refractivity contribution in [3.8, 4) is 5.75 Å². The zero-order valence-electron chi connectivity index (χ0n) is 16.1. The Bertz CT molecular complexity index is 1140. The molecule has 1 atom stereocenters. The van der Waals surface area contributed by atoms with Gasteiger partial charge in [0.2, 0.25) is 0 Å². The summed E-state index contributed by atoms with van der Waals surface area (Å²) in [6.07, 6.45) is 3.11. The first-order valence-corrected chi connectivity index (χ1v) is 10.9. The van der Waals surface area contributed by atoms with E-state index in [-0.39, 0.29) is 18.6 Å². The van der Waals surface area contributed by atoms with Crippen LogP contribution in [0, 0.1) is 0 Å². The standard InChI is InChI=1S/C24H22N2O2S/c27-23(16-28-19-13-12-17-7-1-2-8-18(17)15-19)26-14-6-5-10-21(26)24-25-20-9-3-4-11-22(20)29-24/h1-4,7-9,11-13,15,21H,5-6,10,14,16H2/t21-/m0/s1. The van der Waals surface area contributed by atoms with E-state index in [0.717, 1.165) is 52.9 Å². The molecule has 0 spiro atoms. The number of hydrogen-bond acceptors (Lipinski definition) is 4. The number of carbonyl (C=O) groups is 1. The van der Waals surface area contributed by atoms with Crippen LogP contribution in [0.15, 0.2) is 66.7 Å². The fourth-order valence-corrected chi connectivity index (χ4v) is 5.12. The van der Waals surface area contributed by atoms with Crippen molar-refractivity contribution in [2.75, 3.05) is 13.2 Å². The molecule has 0 N–H and O–H groups in total. The van der Waals surface area contributed by atoms with Crippen LogP contribution < -0.4 is 4.74 Å². The van der Waals surface area contributed by atoms with Gasteiger partial charge in [0.05, 0.1) is 16.3 Å². The number of benzene rings is 3. The Labute approximate surface area is 173 Å². The number of amides is 1. The average Bonchev–Trinajstić information content (AvgIpc) is 3.21. The van der Waals surface area contributed by atoms with Crippen molar-refractivity contribution in [2.45, 2.75) is 25.3 Å². The van der Waals surface area contributed by atoms with Crippen molar-refractivity contribution in [1.82, 2.24) is 9.88 Å². The molecule has 0 saturated carbocycles. The van der Waals surface area contributed by atoms with Crippen molar-refractivity contribution in [1.29, 1.82) is 0 Å². The minimum Gasteiger partial charge on any atom is -0.484 e. The minimum atomic E-state index is 0.0297. The van der Waals surface area contributed by atoms with Crippen LogP contribution in [0.3, 0.4) is 0 Å². The second-order valence-electron chi connectivity index (χ2n) is 7.42. The number of nitrogens with zero attached hydrogens (tertiary/aromatic N) is 2. The maximum Gasteiger partial charge on any atom is 0.261 e. The summed E-state index contributed by atoms with van der Waals surface area (Å²) in [6, 6.07) is 22.3. The predicted octanol–water partition coefficient (Wildman–Crippen LogP) is 5.58. The average molecular weight is 403 g/mol. The molecule has 5 rings (SSSR count). The molecule has 1 aromatic heterocycles. The summed E-state index contributed by atoms with van der Waals surface area (Å²) in [5.74, 6) is 0.757. The predicted molar refractivity (Wildman–Crippen MR) is 117 cm³/mol. The van der Waals surface area contributed by atoms with Gasteiger partial charge in [-0.05, 0) is 54.3 Å². The lowest BCUT2D eigenvalue weighted by molar-refractivity contribution is -0.137. The van der Waals surface area contributed by atoms with Crippen LogP contribution in [0.25, 0.3) is 21.0 Å². The third-order valence-corrected chi connectivity index (χ3v) is 6.64. The van der Waals surface area contributed by atoms with Crippen LogP contribution in [0.5, 0.6) is 5.75 Å². The molecule has 2 heterocycles. The number of thiazole rings is 1. The number of carbonyl (C=O) groups excluding carboxylic acids is 1. The highest BCUT2D eigenvalue weighted by atomic mass is 32.1. The normalized spacial score (nSPS) is 17.0. The molecule has 5 heteroatoms. The van der Waals surface area contributed by atoms with E-state index in [1.54, 1.807) is 11.3 Å². The summed E-state index contributed by atoms with van der Waals surface area (Å²) in [5, 5.41) is 3.31. The third-order valence-electron chi connectivity index (χ3n) is 5.50. The lowest BCUT2D eigenvalue weighted by Crippen LogP contribution is -2.41. The van der Waals surface area contributed by atoms with Crippen LogP contribution in [0.4, 0.5) is 0 Å². The highest BCUT2D eigenvalue weighted by Crippen LogP contribution is 2.35. The van der Waals surface area contributed by atoms with E-state index in [2.05, 4.69) is 18.2 Å². The molecule has 1 saturated heterocycles. The molecule has 4 nitrogen and oxygen atoms in total. The van der Waals surface area contributed by atoms with E-state index in [1.165, 1.54) is 4.70 Å². The quantitative estimate of drug-likeness (QED) is 0.447. The largest absolute Gasteiger partial charge is 0.484 e. The van der Waals surface area contributed by atoms with Crippen molar-refractivity contribution >= 4 is 38.2 Å². The SMILES string of the molecule is O=C(COc1ccc2ccccc2c1)N1CCCC[C@H]1c1nc2ccccc2s1. The second-order valence-corrected chi connectivity index (χ2v) is 8.48. The molecular weight excluding hydrogens is 380 g/mol. The number of fused-ring (bicyclic) bond motifs is 2. The number of aromatic nitrogens is 1. The van der Waals surface area contributed by atoms with Crippen LogP contribution in [0.1, 0.15) is 30.3 Å². The zero-order chi connectivity index (χ0) is 19.6. The van der Waals surface area contributed by atoms with Crippen LogP contribution in [-0.2, 0) is 4.79 Å². The lowest BCUT2D eigenvalue weighted by atomic mass is 10.0. The van der Waals surface area contributed by atoms with E-state index in [4.69, 9.17) is 9.72 Å². The Kier molecular flexibility index (Phi) is 4.90. The van der Waals surface area contributed by atoms with Gasteiger partial charge in [-0.25, -0.2) is 4.98 Å². The minimum absolute atomic E-state index is 0.0297. The number of piperidine rings is 1. The van der Waals surface area contributed by atoms with Gasteiger partial charge in [0, 0.05) is 6.54 Å². The van der Waals surface area contributed by atoms with Gasteiger partial charge in [0.15, 0.2) is 6.61 Å². The molecule has 1 fully saturated rings. The maximum atomic E-state index is 13.0. The van der Waals surface area contributed by atoms with Gasteiger partial charge < -0.3 is 9.64 Å². The van der Waals surface area contributed by atoms with Crippen LogP contribution in [0.2, 0.25) is 0 Å². The smallest absolute Gasteiger partial charge is 0.261 e. The highest BCUT2D eigenvalue weighted by molar-refractivity contribution is 7.18. The van der Waals surface area contributed by atoms with Gasteiger partial charge in [-0.15, -0.1) is 11.3 Å². The third kappa shape index (κ3) is 3.70. The molecule has 0 aliphatic carbocycles. The van der Waals surface area contributed by atoms with Crippen LogP contribution >= 0.6 is 11.3 Å². The summed E-state index contributed by atoms with van der Waals surface area (Å²) >= 11 is 1.70. The van der Waals surface area contributed by atoms with E-state index >= 15 is 0 Å². The van der Waals surface area contributed by atoms with Gasteiger partial charge >= 0.3 is 0 Å². The second kappa shape index (κ2) is 7.84. The Morgan fingerprint density at radius 2 is 1.86 bits per heavy atom. The van der Waals surface area contributed by atoms with Crippen LogP contribution in [-0.4, -0.2) is 28.9 Å². The molecule has 1 amide bonds. The van der Waals surface area contributed by atoms with Crippen molar-refractivity contribution in [3.63, 3.8) is 0 Å². The molecule has 1 aliphatic rings. The number of rotatable bonds is 4.